The highest BCUT2D eigenvalue weighted by atomic mass is 35.5. The molecule has 0 fully saturated rings. The number of alkyl halides is 3. The molecule has 2 unspecified atom stereocenters. The Labute approximate surface area is 391 Å². The summed E-state index contributed by atoms with van der Waals surface area (Å²) in [5.74, 6) is -3.48. The molecule has 4 amide bonds. The molecule has 0 saturated carbocycles. The van der Waals surface area contributed by atoms with Gasteiger partial charge in [-0.05, 0) is 97.8 Å². The Balaban J connectivity index is 1.28. The predicted molar refractivity (Wildman–Crippen MR) is 249 cm³/mol. The van der Waals surface area contributed by atoms with Gasteiger partial charge in [0, 0.05) is 56.1 Å². The first-order chi connectivity index (χ1) is 30.6. The monoisotopic (exact) mass is 964 g/mol. The average molecular weight is 967 g/mol. The summed E-state index contributed by atoms with van der Waals surface area (Å²) in [6.45, 7) is 2.27. The summed E-state index contributed by atoms with van der Waals surface area (Å²) < 4.78 is 5.73. The summed E-state index contributed by atoms with van der Waals surface area (Å²) in [7, 11) is 0. The number of Topliss-reactive ketones (excluding diaryl/α,β-unsaturated/α-hetero) is 2. The van der Waals surface area contributed by atoms with E-state index in [0.29, 0.717) is 11.4 Å². The minimum absolute atomic E-state index is 0.0236. The van der Waals surface area contributed by atoms with E-state index in [1.54, 1.807) is 36.4 Å². The van der Waals surface area contributed by atoms with Gasteiger partial charge < -0.3 is 26.0 Å². The Morgan fingerprint density at radius 1 is 0.562 bits per heavy atom. The van der Waals surface area contributed by atoms with E-state index in [1.165, 1.54) is 54.6 Å². The van der Waals surface area contributed by atoms with Crippen molar-refractivity contribution in [1.82, 2.24) is 0 Å². The molecule has 4 N–H and O–H groups in total. The van der Waals surface area contributed by atoms with Gasteiger partial charge in [-0.15, -0.1) is 34.8 Å². The minimum atomic E-state index is -1.64. The van der Waals surface area contributed by atoms with Crippen LogP contribution in [0.3, 0.4) is 0 Å². The number of ketones is 2. The van der Waals surface area contributed by atoms with Gasteiger partial charge in [0.2, 0.25) is 12.1 Å². The smallest absolute Gasteiger partial charge is 0.258 e. The van der Waals surface area contributed by atoms with E-state index >= 15 is 0 Å². The van der Waals surface area contributed by atoms with E-state index in [9.17, 15) is 28.8 Å². The highest BCUT2D eigenvalue weighted by molar-refractivity contribution is 6.31. The van der Waals surface area contributed by atoms with Crippen LogP contribution in [-0.4, -0.2) is 59.8 Å². The molecular weight excluding hydrogens is 930 g/mol. The van der Waals surface area contributed by atoms with Crippen LogP contribution in [0.25, 0.3) is 0 Å². The molecule has 20 heteroatoms. The first-order valence-corrected chi connectivity index (χ1v) is 21.3. The highest BCUT2D eigenvalue weighted by Crippen LogP contribution is 2.30. The minimum Gasteiger partial charge on any atom is -0.490 e. The molecule has 0 aliphatic rings. The van der Waals surface area contributed by atoms with Gasteiger partial charge in [-0.25, -0.2) is 0 Å². The number of carbonyl (C=O) groups is 6. The van der Waals surface area contributed by atoms with E-state index in [-0.39, 0.29) is 73.9 Å². The van der Waals surface area contributed by atoms with E-state index < -0.39 is 47.3 Å². The largest absolute Gasteiger partial charge is 0.490 e. The van der Waals surface area contributed by atoms with E-state index in [2.05, 4.69) is 41.7 Å². The van der Waals surface area contributed by atoms with Gasteiger partial charge in [0.25, 0.3) is 23.6 Å². The number of ether oxygens (including phenoxy) is 1. The highest BCUT2D eigenvalue weighted by Gasteiger charge is 2.26. The average Bonchev–Trinajstić information content (AvgIpc) is 3.26. The van der Waals surface area contributed by atoms with E-state index in [1.807, 2.05) is 12.1 Å². The third-order valence-corrected chi connectivity index (χ3v) is 9.86. The Morgan fingerprint density at radius 2 is 1.03 bits per heavy atom. The number of azo groups is 2. The predicted octanol–water partition coefficient (Wildman–Crippen LogP) is 11.0. The molecule has 5 rings (SSSR count). The summed E-state index contributed by atoms with van der Waals surface area (Å²) >= 11 is 30.2. The number of halogens is 5. The van der Waals surface area contributed by atoms with Crippen LogP contribution in [0.15, 0.2) is 124 Å². The third kappa shape index (κ3) is 14.1. The fraction of sp³-hybridized carbons (Fsp3) is 0.182. The Bertz CT molecular complexity index is 2650. The molecule has 5 aromatic carbocycles. The molecule has 0 aliphatic heterocycles. The van der Waals surface area contributed by atoms with E-state index in [4.69, 9.17) is 62.7 Å². The second-order valence-electron chi connectivity index (χ2n) is 13.7. The van der Waals surface area contributed by atoms with Crippen molar-refractivity contribution in [2.45, 2.75) is 37.7 Å². The first kappa shape index (κ1) is 48.8. The number of benzene rings is 5. The fourth-order valence-corrected chi connectivity index (χ4v) is 6.53. The number of rotatable bonds is 19. The van der Waals surface area contributed by atoms with Gasteiger partial charge in [0.1, 0.15) is 12.4 Å². The summed E-state index contributed by atoms with van der Waals surface area (Å²) in [4.78, 5) is 78.2. The van der Waals surface area contributed by atoms with Crippen molar-refractivity contribution < 1.29 is 33.5 Å². The second-order valence-corrected chi connectivity index (χ2v) is 15.4. The van der Waals surface area contributed by atoms with Crippen molar-refractivity contribution in [2.75, 3.05) is 33.8 Å². The van der Waals surface area contributed by atoms with Crippen LogP contribution in [0, 0.1) is 0 Å². The molecule has 0 heterocycles. The summed E-state index contributed by atoms with van der Waals surface area (Å²) in [6.07, 6.45) is 0. The summed E-state index contributed by atoms with van der Waals surface area (Å²) in [6, 6.07) is 23.2. The molecule has 15 nitrogen and oxygen atoms in total. The van der Waals surface area contributed by atoms with Crippen molar-refractivity contribution in [3.8, 4) is 5.75 Å². The standard InChI is InChI=1S/C44H37Cl5N8O7/c1-24(58)39(56-54-35-17-28(15-30(48)19-35)41(60)50-32-7-3-5-26(13-32)22-46)43(62)52-34-9-10-37(38(21-34)64-12-11-45)53-44(63)40(25(2)59)57-55-36-18-29(16-31(49)20-36)42(61)51-33-8-4-6-27(14-33)23-47/h3-10,13-21,39-40H,11-12,22-23H2,1-2H3,(H,50,60)(H,51,61)(H,52,62)(H,53,63). The number of nitrogens with one attached hydrogen (secondary N) is 4. The number of anilines is 4. The maximum atomic E-state index is 13.5. The Morgan fingerprint density at radius 3 is 1.48 bits per heavy atom. The lowest BCUT2D eigenvalue weighted by molar-refractivity contribution is -0.127. The van der Waals surface area contributed by atoms with Gasteiger partial charge in [0.05, 0.1) is 22.9 Å². The van der Waals surface area contributed by atoms with Crippen LogP contribution < -0.4 is 26.0 Å². The van der Waals surface area contributed by atoms with Crippen molar-refractivity contribution in [2.24, 2.45) is 20.5 Å². The van der Waals surface area contributed by atoms with Crippen LogP contribution >= 0.6 is 58.0 Å². The normalized spacial score (nSPS) is 12.0. The van der Waals surface area contributed by atoms with Gasteiger partial charge in [-0.1, -0.05) is 47.5 Å². The van der Waals surface area contributed by atoms with Crippen LogP contribution in [0.5, 0.6) is 5.75 Å². The summed E-state index contributed by atoms with van der Waals surface area (Å²) in [5, 5.41) is 27.0. The third-order valence-electron chi connectivity index (χ3n) is 8.65. The number of carbonyl (C=O) groups excluding carboxylic acids is 6. The molecule has 0 aliphatic carbocycles. The first-order valence-electron chi connectivity index (χ1n) is 19.0. The Kier molecular flexibility index (Phi) is 17.9. The zero-order valence-electron chi connectivity index (χ0n) is 33.8. The van der Waals surface area contributed by atoms with E-state index in [0.717, 1.165) is 25.0 Å². The molecule has 0 aromatic heterocycles. The van der Waals surface area contributed by atoms with Crippen LogP contribution in [-0.2, 0) is 30.9 Å². The van der Waals surface area contributed by atoms with Crippen molar-refractivity contribution >= 4 is 127 Å². The number of amides is 4. The number of hydrogen-bond donors (Lipinski definition) is 4. The van der Waals surface area contributed by atoms with Crippen molar-refractivity contribution in [1.29, 1.82) is 0 Å². The molecule has 330 valence electrons. The topological polar surface area (TPSA) is 209 Å². The number of nitrogens with zero attached hydrogens (tertiary/aromatic N) is 4. The van der Waals surface area contributed by atoms with Gasteiger partial charge in [0.15, 0.2) is 11.6 Å². The zero-order chi connectivity index (χ0) is 46.3. The number of hydrogen-bond acceptors (Lipinski definition) is 11. The molecular formula is C44H37Cl5N8O7. The molecule has 0 spiro atoms. The lowest BCUT2D eigenvalue weighted by atomic mass is 10.1. The molecule has 2 atom stereocenters. The van der Waals surface area contributed by atoms with Crippen molar-refractivity contribution in [3.05, 3.63) is 135 Å². The van der Waals surface area contributed by atoms with Gasteiger partial charge >= 0.3 is 0 Å². The molecule has 5 aromatic rings. The van der Waals surface area contributed by atoms with Crippen molar-refractivity contribution in [3.63, 3.8) is 0 Å². The van der Waals surface area contributed by atoms with Crippen LogP contribution in [0.4, 0.5) is 34.1 Å². The SMILES string of the molecule is CC(=O)C(N=Nc1cc(Cl)cc(C(=O)Nc2cccc(CCl)c2)c1)C(=O)Nc1ccc(NC(=O)C(N=Nc2cc(Cl)cc(C(=O)Nc3cccc(CCl)c3)c2)C(C)=O)c(OCCCl)c1. The lowest BCUT2D eigenvalue weighted by Gasteiger charge is -2.16. The summed E-state index contributed by atoms with van der Waals surface area (Å²) in [5.41, 5.74) is 3.27. The van der Waals surface area contributed by atoms with Gasteiger partial charge in [-0.3, -0.25) is 28.8 Å². The maximum absolute atomic E-state index is 13.5. The quantitative estimate of drug-likeness (QED) is 0.0357. The molecule has 64 heavy (non-hydrogen) atoms. The zero-order valence-corrected chi connectivity index (χ0v) is 37.6. The maximum Gasteiger partial charge on any atom is 0.258 e. The second kappa shape index (κ2) is 23.5. The fourth-order valence-electron chi connectivity index (χ4n) is 5.67. The van der Waals surface area contributed by atoms with Gasteiger partial charge in [-0.2, -0.15) is 20.5 Å². The van der Waals surface area contributed by atoms with Crippen LogP contribution in [0.2, 0.25) is 10.0 Å². The Hall–Kier alpha value is -6.23. The lowest BCUT2D eigenvalue weighted by Crippen LogP contribution is -2.32. The van der Waals surface area contributed by atoms with Crippen LogP contribution in [0.1, 0.15) is 45.7 Å². The molecule has 0 radical (unpaired) electrons. The molecule has 0 bridgehead atoms. The molecule has 0 saturated heterocycles.